The summed E-state index contributed by atoms with van der Waals surface area (Å²) in [6, 6.07) is -0.126. The number of nitrogens with zero attached hydrogens (tertiary/aromatic N) is 1. The number of carbonyl (C=O) groups is 1. The molecular weight excluding hydrogens is 272 g/mol. The third-order valence-electron chi connectivity index (χ3n) is 3.14. The molecule has 1 saturated carbocycles. The lowest BCUT2D eigenvalue weighted by Crippen LogP contribution is -2.48. The molecule has 1 N–H and O–H groups in total. The fraction of sp³-hybridized carbons (Fsp3) is 0.909. The Balaban J connectivity index is 2.72. The number of nitrogens with one attached hydrogen (secondary N) is 1. The van der Waals surface area contributed by atoms with Crippen LogP contribution < -0.4 is 4.72 Å². The van der Waals surface area contributed by atoms with Gasteiger partial charge in [-0.15, -0.1) is 0 Å². The summed E-state index contributed by atoms with van der Waals surface area (Å²) in [6.45, 7) is 0.225. The molecule has 0 aromatic carbocycles. The maximum Gasteiger partial charge on any atom is 0.321 e. The molecule has 0 amide bonds. The standard InChI is InChI=1S/C11H22N2O5S/c1-17-8-7-12-19(15,16)13(9-11(14)18-2)10-5-3-4-6-10/h10,12H,3-9H2,1-2H3. The van der Waals surface area contributed by atoms with Crippen molar-refractivity contribution in [3.63, 3.8) is 0 Å². The average molecular weight is 294 g/mol. The van der Waals surface area contributed by atoms with E-state index in [0.717, 1.165) is 25.7 Å². The molecule has 0 unspecified atom stereocenters. The van der Waals surface area contributed by atoms with E-state index in [4.69, 9.17) is 4.74 Å². The van der Waals surface area contributed by atoms with Crippen molar-refractivity contribution in [1.82, 2.24) is 9.03 Å². The van der Waals surface area contributed by atoms with Crippen LogP contribution in [0.15, 0.2) is 0 Å². The van der Waals surface area contributed by atoms with E-state index in [1.54, 1.807) is 0 Å². The van der Waals surface area contributed by atoms with Gasteiger partial charge in [0.05, 0.1) is 13.7 Å². The molecule has 8 heteroatoms. The Labute approximate surface area is 114 Å². The van der Waals surface area contributed by atoms with Crippen LogP contribution in [-0.2, 0) is 24.5 Å². The summed E-state index contributed by atoms with van der Waals surface area (Å²) in [5.74, 6) is -0.552. The SMILES string of the molecule is COCCNS(=O)(=O)N(CC(=O)OC)C1CCCC1. The maximum absolute atomic E-state index is 12.2. The van der Waals surface area contributed by atoms with Gasteiger partial charge in [-0.1, -0.05) is 12.8 Å². The molecule has 112 valence electrons. The molecule has 7 nitrogen and oxygen atoms in total. The quantitative estimate of drug-likeness (QED) is 0.498. The summed E-state index contributed by atoms with van der Waals surface area (Å²) in [5, 5.41) is 0. The predicted octanol–water partition coefficient (Wildman–Crippen LogP) is -0.115. The number of ether oxygens (including phenoxy) is 2. The molecule has 0 aromatic rings. The van der Waals surface area contributed by atoms with E-state index in [1.807, 2.05) is 0 Å². The third-order valence-corrected chi connectivity index (χ3v) is 4.76. The second-order valence-corrected chi connectivity index (χ2v) is 6.16. The Bertz CT molecular complexity index is 379. The van der Waals surface area contributed by atoms with E-state index >= 15 is 0 Å². The summed E-state index contributed by atoms with van der Waals surface area (Å²) in [5.41, 5.74) is 0. The molecule has 0 aromatic heterocycles. The summed E-state index contributed by atoms with van der Waals surface area (Å²) in [6.07, 6.45) is 3.52. The molecule has 0 saturated heterocycles. The molecule has 0 heterocycles. The van der Waals surface area contributed by atoms with Crippen molar-refractivity contribution in [2.45, 2.75) is 31.7 Å². The zero-order valence-corrected chi connectivity index (χ0v) is 12.2. The number of rotatable bonds is 8. The Morgan fingerprint density at radius 1 is 1.32 bits per heavy atom. The van der Waals surface area contributed by atoms with Gasteiger partial charge in [0.15, 0.2) is 0 Å². The van der Waals surface area contributed by atoms with Crippen LogP contribution in [0.4, 0.5) is 0 Å². The van der Waals surface area contributed by atoms with Gasteiger partial charge < -0.3 is 9.47 Å². The lowest BCUT2D eigenvalue weighted by Gasteiger charge is -2.26. The highest BCUT2D eigenvalue weighted by atomic mass is 32.2. The lowest BCUT2D eigenvalue weighted by atomic mass is 10.2. The zero-order valence-electron chi connectivity index (χ0n) is 11.4. The first-order chi connectivity index (χ1) is 9.01. The molecule has 0 spiro atoms. The first kappa shape index (κ1) is 16.4. The first-order valence-electron chi connectivity index (χ1n) is 6.33. The van der Waals surface area contributed by atoms with Crippen LogP contribution in [0.3, 0.4) is 0 Å². The van der Waals surface area contributed by atoms with Crippen LogP contribution >= 0.6 is 0 Å². The van der Waals surface area contributed by atoms with E-state index in [-0.39, 0.29) is 25.7 Å². The molecule has 0 radical (unpaired) electrons. The number of hydrogen-bond acceptors (Lipinski definition) is 5. The van der Waals surface area contributed by atoms with Gasteiger partial charge in [0.2, 0.25) is 0 Å². The highest BCUT2D eigenvalue weighted by Crippen LogP contribution is 2.25. The molecule has 0 aliphatic heterocycles. The van der Waals surface area contributed by atoms with Crippen molar-refractivity contribution in [1.29, 1.82) is 0 Å². The number of carbonyl (C=O) groups excluding carboxylic acids is 1. The molecule has 1 aliphatic carbocycles. The van der Waals surface area contributed by atoms with Crippen molar-refractivity contribution in [2.75, 3.05) is 33.9 Å². The van der Waals surface area contributed by atoms with Crippen LogP contribution in [0.2, 0.25) is 0 Å². The van der Waals surface area contributed by atoms with E-state index in [2.05, 4.69) is 9.46 Å². The zero-order chi connectivity index (χ0) is 14.3. The molecule has 1 fully saturated rings. The van der Waals surface area contributed by atoms with E-state index < -0.39 is 16.2 Å². The summed E-state index contributed by atoms with van der Waals surface area (Å²) in [4.78, 5) is 11.4. The smallest absolute Gasteiger partial charge is 0.321 e. The molecule has 0 bridgehead atoms. The normalized spacial score (nSPS) is 17.0. The van der Waals surface area contributed by atoms with Crippen molar-refractivity contribution >= 4 is 16.2 Å². The van der Waals surface area contributed by atoms with Crippen molar-refractivity contribution in [3.8, 4) is 0 Å². The Kier molecular flexibility index (Phi) is 6.70. The summed E-state index contributed by atoms with van der Waals surface area (Å²) in [7, 11) is -0.933. The van der Waals surface area contributed by atoms with Gasteiger partial charge in [-0.2, -0.15) is 17.4 Å². The molecule has 0 atom stereocenters. The monoisotopic (exact) mass is 294 g/mol. The highest BCUT2D eigenvalue weighted by molar-refractivity contribution is 7.87. The van der Waals surface area contributed by atoms with Crippen molar-refractivity contribution < 1.29 is 22.7 Å². The Morgan fingerprint density at radius 2 is 1.95 bits per heavy atom. The highest BCUT2D eigenvalue weighted by Gasteiger charge is 2.33. The molecule has 19 heavy (non-hydrogen) atoms. The summed E-state index contributed by atoms with van der Waals surface area (Å²) < 4.78 is 37.4. The van der Waals surface area contributed by atoms with Crippen LogP contribution in [0.25, 0.3) is 0 Å². The van der Waals surface area contributed by atoms with Crippen molar-refractivity contribution in [3.05, 3.63) is 0 Å². The van der Waals surface area contributed by atoms with Gasteiger partial charge in [0, 0.05) is 19.7 Å². The second kappa shape index (κ2) is 7.78. The molecule has 1 rings (SSSR count). The topological polar surface area (TPSA) is 84.9 Å². The van der Waals surface area contributed by atoms with Gasteiger partial charge in [-0.25, -0.2) is 0 Å². The van der Waals surface area contributed by atoms with E-state index in [0.29, 0.717) is 0 Å². The maximum atomic E-state index is 12.2. The van der Waals surface area contributed by atoms with Gasteiger partial charge in [-0.3, -0.25) is 4.79 Å². The molecular formula is C11H22N2O5S. The van der Waals surface area contributed by atoms with Crippen molar-refractivity contribution in [2.24, 2.45) is 0 Å². The minimum atomic E-state index is -3.68. The minimum absolute atomic E-state index is 0.126. The van der Waals surface area contributed by atoms with E-state index in [1.165, 1.54) is 18.5 Å². The Morgan fingerprint density at radius 3 is 2.47 bits per heavy atom. The number of methoxy groups -OCH3 is 2. The first-order valence-corrected chi connectivity index (χ1v) is 7.77. The van der Waals surface area contributed by atoms with Gasteiger partial charge in [0.1, 0.15) is 6.54 Å². The summed E-state index contributed by atoms with van der Waals surface area (Å²) >= 11 is 0. The Hall–Kier alpha value is -0.700. The van der Waals surface area contributed by atoms with Crippen LogP contribution in [-0.4, -0.2) is 58.7 Å². The number of hydrogen-bond donors (Lipinski definition) is 1. The predicted molar refractivity (Wildman–Crippen MR) is 69.8 cm³/mol. The van der Waals surface area contributed by atoms with Gasteiger partial charge in [0.25, 0.3) is 10.2 Å². The minimum Gasteiger partial charge on any atom is -0.468 e. The van der Waals surface area contributed by atoms with Gasteiger partial charge >= 0.3 is 5.97 Å². The van der Waals surface area contributed by atoms with Crippen LogP contribution in [0, 0.1) is 0 Å². The largest absolute Gasteiger partial charge is 0.468 e. The lowest BCUT2D eigenvalue weighted by molar-refractivity contribution is -0.141. The van der Waals surface area contributed by atoms with Crippen LogP contribution in [0.1, 0.15) is 25.7 Å². The number of esters is 1. The average Bonchev–Trinajstić information content (AvgIpc) is 2.89. The fourth-order valence-electron chi connectivity index (χ4n) is 2.15. The molecule has 1 aliphatic rings. The van der Waals surface area contributed by atoms with Crippen LogP contribution in [0.5, 0.6) is 0 Å². The fourth-order valence-corrected chi connectivity index (χ4v) is 3.54. The van der Waals surface area contributed by atoms with Gasteiger partial charge in [-0.05, 0) is 12.8 Å². The third kappa shape index (κ3) is 5.06. The van der Waals surface area contributed by atoms with E-state index in [9.17, 15) is 13.2 Å². The second-order valence-electron chi connectivity index (χ2n) is 4.45.